The van der Waals surface area contributed by atoms with Crippen LogP contribution in [0.15, 0.2) is 36.4 Å². The molecule has 0 bridgehead atoms. The van der Waals surface area contributed by atoms with E-state index in [4.69, 9.17) is 44.6 Å². The van der Waals surface area contributed by atoms with E-state index in [9.17, 15) is 14.9 Å². The predicted molar refractivity (Wildman–Crippen MR) is 92.6 cm³/mol. The van der Waals surface area contributed by atoms with Crippen molar-refractivity contribution < 1.29 is 19.6 Å². The molecule has 24 heavy (non-hydrogen) atoms. The molecule has 6 nitrogen and oxygen atoms in total. The van der Waals surface area contributed by atoms with Crippen molar-refractivity contribution in [2.24, 2.45) is 0 Å². The molecule has 2 rings (SSSR count). The Morgan fingerprint density at radius 3 is 2.21 bits per heavy atom. The topological polar surface area (TPSA) is 89.7 Å². The number of nitrogens with zero attached hydrogens (tertiary/aromatic N) is 1. The third kappa shape index (κ3) is 4.99. The van der Waals surface area contributed by atoms with Gasteiger partial charge in [-0.05, 0) is 12.1 Å². The molecular weight excluding hydrogens is 381 g/mol. The van der Waals surface area contributed by atoms with Gasteiger partial charge in [-0.1, -0.05) is 41.4 Å². The lowest BCUT2D eigenvalue weighted by atomic mass is 10.2. The number of hydrogen-bond acceptors (Lipinski definition) is 4. The maximum atomic E-state index is 10.7. The number of hydrogen-bond donors (Lipinski definition) is 1. The van der Waals surface area contributed by atoms with Gasteiger partial charge in [0.2, 0.25) is 0 Å². The van der Waals surface area contributed by atoms with Gasteiger partial charge in [-0.25, -0.2) is 4.79 Å². The minimum Gasteiger partial charge on any atom is -0.494 e. The highest BCUT2D eigenvalue weighted by atomic mass is 35.5. The molecule has 0 unspecified atom stereocenters. The lowest BCUT2D eigenvalue weighted by Crippen LogP contribution is -2.01. The van der Waals surface area contributed by atoms with E-state index in [1.807, 2.05) is 0 Å². The van der Waals surface area contributed by atoms with Crippen molar-refractivity contribution in [2.75, 3.05) is 7.11 Å². The molecule has 0 atom stereocenters. The number of aromatic carboxylic acids is 1. The van der Waals surface area contributed by atoms with Gasteiger partial charge in [-0.2, -0.15) is 0 Å². The van der Waals surface area contributed by atoms with Crippen LogP contribution < -0.4 is 4.74 Å². The van der Waals surface area contributed by atoms with Crippen LogP contribution >= 0.6 is 34.8 Å². The summed E-state index contributed by atoms with van der Waals surface area (Å²) in [5, 5.41) is 19.4. The molecule has 0 saturated heterocycles. The molecule has 0 amide bonds. The van der Waals surface area contributed by atoms with Gasteiger partial charge in [0.1, 0.15) is 5.56 Å². The number of carboxylic acid groups (broad SMARTS) is 1. The molecule has 128 valence electrons. The molecule has 0 aliphatic rings. The molecule has 1 N–H and O–H groups in total. The number of nitro groups is 1. The van der Waals surface area contributed by atoms with Gasteiger partial charge in [0, 0.05) is 11.6 Å². The Hall–Kier alpha value is -2.02. The van der Waals surface area contributed by atoms with Crippen LogP contribution in [0.5, 0.6) is 5.75 Å². The van der Waals surface area contributed by atoms with Crippen LogP contribution in [0.3, 0.4) is 0 Å². The lowest BCUT2D eigenvalue weighted by Gasteiger charge is -2.07. The first-order valence-electron chi connectivity index (χ1n) is 6.37. The Bertz CT molecular complexity index is 752. The van der Waals surface area contributed by atoms with E-state index < -0.39 is 10.9 Å². The van der Waals surface area contributed by atoms with E-state index in [0.29, 0.717) is 5.56 Å². The minimum atomic E-state index is -1.16. The highest BCUT2D eigenvalue weighted by Gasteiger charge is 2.18. The highest BCUT2D eigenvalue weighted by Crippen LogP contribution is 2.33. The second-order valence-corrected chi connectivity index (χ2v) is 5.34. The number of alkyl halides is 1. The summed E-state index contributed by atoms with van der Waals surface area (Å²) in [5.41, 5.74) is 0.526. The Morgan fingerprint density at radius 1 is 1.21 bits per heavy atom. The number of ether oxygens (including phenoxy) is 1. The van der Waals surface area contributed by atoms with E-state index >= 15 is 0 Å². The summed E-state index contributed by atoms with van der Waals surface area (Å²) in [5.74, 6) is -0.900. The first-order chi connectivity index (χ1) is 11.3. The van der Waals surface area contributed by atoms with Crippen LogP contribution in [0.1, 0.15) is 15.9 Å². The molecular formula is C15H12Cl3NO5. The van der Waals surface area contributed by atoms with Crippen LogP contribution in [0.4, 0.5) is 5.69 Å². The Kier molecular flexibility index (Phi) is 7.78. The molecule has 0 saturated carbocycles. The van der Waals surface area contributed by atoms with Crippen molar-refractivity contribution in [1.82, 2.24) is 0 Å². The number of methoxy groups -OCH3 is 1. The second kappa shape index (κ2) is 9.32. The van der Waals surface area contributed by atoms with E-state index in [1.54, 1.807) is 18.2 Å². The SMILES string of the molecule is COc1c(Cl)ccc(Cl)c1C(=O)O.O=[N+]([O-])c1ccccc1CCl. The van der Waals surface area contributed by atoms with Gasteiger partial charge < -0.3 is 9.84 Å². The van der Waals surface area contributed by atoms with Gasteiger partial charge in [0.05, 0.1) is 28.0 Å². The summed E-state index contributed by atoms with van der Waals surface area (Å²) in [4.78, 5) is 20.6. The first-order valence-corrected chi connectivity index (χ1v) is 7.66. The molecule has 0 radical (unpaired) electrons. The highest BCUT2D eigenvalue weighted by molar-refractivity contribution is 6.36. The number of benzene rings is 2. The molecule has 0 spiro atoms. The zero-order valence-corrected chi connectivity index (χ0v) is 14.6. The lowest BCUT2D eigenvalue weighted by molar-refractivity contribution is -0.385. The van der Waals surface area contributed by atoms with Crippen LogP contribution in [0.25, 0.3) is 0 Å². The number of rotatable bonds is 4. The van der Waals surface area contributed by atoms with Crippen molar-refractivity contribution in [3.8, 4) is 5.75 Å². The molecule has 2 aromatic rings. The van der Waals surface area contributed by atoms with Gasteiger partial charge in [-0.15, -0.1) is 11.6 Å². The van der Waals surface area contributed by atoms with Crippen LogP contribution in [-0.4, -0.2) is 23.1 Å². The largest absolute Gasteiger partial charge is 0.494 e. The molecule has 0 heterocycles. The summed E-state index contributed by atoms with van der Waals surface area (Å²) in [7, 11) is 1.34. The summed E-state index contributed by atoms with van der Waals surface area (Å²) in [6.07, 6.45) is 0. The van der Waals surface area contributed by atoms with E-state index in [-0.39, 0.29) is 32.9 Å². The Labute approximate surface area is 152 Å². The maximum absolute atomic E-state index is 10.7. The average molecular weight is 393 g/mol. The predicted octanol–water partition coefficient (Wildman–Crippen LogP) is 5.03. The van der Waals surface area contributed by atoms with Gasteiger partial charge >= 0.3 is 5.97 Å². The molecule has 0 aliphatic heterocycles. The fourth-order valence-corrected chi connectivity index (χ4v) is 2.42. The quantitative estimate of drug-likeness (QED) is 0.447. The fourth-order valence-electron chi connectivity index (χ4n) is 1.73. The monoisotopic (exact) mass is 391 g/mol. The van der Waals surface area contributed by atoms with Crippen molar-refractivity contribution in [3.63, 3.8) is 0 Å². The van der Waals surface area contributed by atoms with Crippen molar-refractivity contribution in [3.05, 3.63) is 67.7 Å². The van der Waals surface area contributed by atoms with Crippen LogP contribution in [0.2, 0.25) is 10.0 Å². The second-order valence-electron chi connectivity index (χ2n) is 4.26. The van der Waals surface area contributed by atoms with Crippen molar-refractivity contribution in [2.45, 2.75) is 5.88 Å². The molecule has 2 aromatic carbocycles. The summed E-state index contributed by atoms with van der Waals surface area (Å²) in [6.45, 7) is 0. The van der Waals surface area contributed by atoms with E-state index in [0.717, 1.165) is 0 Å². The van der Waals surface area contributed by atoms with Crippen LogP contribution in [0, 0.1) is 10.1 Å². The Morgan fingerprint density at radius 2 is 1.79 bits per heavy atom. The fraction of sp³-hybridized carbons (Fsp3) is 0.133. The van der Waals surface area contributed by atoms with Gasteiger partial charge in [0.15, 0.2) is 5.75 Å². The number of nitro benzene ring substituents is 1. The average Bonchev–Trinajstić information content (AvgIpc) is 2.56. The summed E-state index contributed by atoms with van der Waals surface area (Å²) in [6, 6.07) is 9.33. The third-order valence-corrected chi connectivity index (χ3v) is 3.71. The summed E-state index contributed by atoms with van der Waals surface area (Å²) >= 11 is 16.8. The van der Waals surface area contributed by atoms with Gasteiger partial charge in [0.25, 0.3) is 5.69 Å². The minimum absolute atomic E-state index is 0.0849. The van der Waals surface area contributed by atoms with E-state index in [1.165, 1.54) is 25.3 Å². The number of carboxylic acids is 1. The van der Waals surface area contributed by atoms with Crippen LogP contribution in [-0.2, 0) is 5.88 Å². The standard InChI is InChI=1S/C8H6Cl2O3.C7H6ClNO2/c1-13-7-5(10)3-2-4(9)6(7)8(11)12;8-5-6-3-1-2-4-7(6)9(10)11/h2-3H,1H3,(H,11,12);1-4H,5H2. The number of halogens is 3. The van der Waals surface area contributed by atoms with Gasteiger partial charge in [-0.3, -0.25) is 10.1 Å². The first kappa shape index (κ1) is 20.0. The summed E-state index contributed by atoms with van der Waals surface area (Å²) < 4.78 is 4.82. The normalized spacial score (nSPS) is 9.67. The zero-order chi connectivity index (χ0) is 18.3. The third-order valence-electron chi connectivity index (χ3n) is 2.81. The molecule has 0 aromatic heterocycles. The van der Waals surface area contributed by atoms with Crippen molar-refractivity contribution >= 4 is 46.5 Å². The zero-order valence-electron chi connectivity index (χ0n) is 12.3. The van der Waals surface area contributed by atoms with Crippen molar-refractivity contribution in [1.29, 1.82) is 0 Å². The van der Waals surface area contributed by atoms with E-state index in [2.05, 4.69) is 0 Å². The number of carbonyl (C=O) groups is 1. The smallest absolute Gasteiger partial charge is 0.341 e. The number of para-hydroxylation sites is 1. The molecule has 9 heteroatoms. The molecule has 0 aliphatic carbocycles. The Balaban J connectivity index is 0.000000243. The maximum Gasteiger partial charge on any atom is 0.341 e. The molecule has 0 fully saturated rings.